The fraction of sp³-hybridized carbons (Fsp3) is 0. The predicted octanol–water partition coefficient (Wildman–Crippen LogP) is 8.17. The van der Waals surface area contributed by atoms with Gasteiger partial charge < -0.3 is 4.81 Å². The molecule has 0 amide bonds. The van der Waals surface area contributed by atoms with Gasteiger partial charge in [-0.25, -0.2) is 4.98 Å². The van der Waals surface area contributed by atoms with E-state index in [0.29, 0.717) is 11.5 Å². The van der Waals surface area contributed by atoms with Crippen LogP contribution in [0.15, 0.2) is 164 Å². The van der Waals surface area contributed by atoms with Gasteiger partial charge in [-0.3, -0.25) is 4.57 Å². The zero-order valence-electron chi connectivity index (χ0n) is 31.8. The Morgan fingerprint density at radius 2 is 1.18 bits per heavy atom. The highest BCUT2D eigenvalue weighted by Gasteiger charge is 2.38. The summed E-state index contributed by atoms with van der Waals surface area (Å²) in [7, 11) is 0. The van der Waals surface area contributed by atoms with Gasteiger partial charge in [-0.2, -0.15) is 4.98 Å². The van der Waals surface area contributed by atoms with Crippen LogP contribution in [0.1, 0.15) is 11.0 Å². The molecule has 0 saturated carbocycles. The van der Waals surface area contributed by atoms with Gasteiger partial charge in [-0.15, -0.1) is 0 Å². The van der Waals surface area contributed by atoms with E-state index in [9.17, 15) is 0 Å². The van der Waals surface area contributed by atoms with E-state index in [1.165, 1.54) is 4.57 Å². The molecule has 4 nitrogen and oxygen atoms in total. The van der Waals surface area contributed by atoms with Crippen LogP contribution < -0.4 is 15.7 Å². The third-order valence-corrected chi connectivity index (χ3v) is 8.33. The maximum absolute atomic E-state index is 9.09. The van der Waals surface area contributed by atoms with E-state index in [1.807, 2.05) is 84.9 Å². The van der Waals surface area contributed by atoms with Crippen LogP contribution in [-0.2, 0) is 0 Å². The summed E-state index contributed by atoms with van der Waals surface area (Å²) < 4.78 is 71.6. The zero-order valence-corrected chi connectivity index (χ0v) is 23.8. The maximum Gasteiger partial charge on any atom is 0.330 e. The highest BCUT2D eigenvalue weighted by atomic mass is 15.2. The van der Waals surface area contributed by atoms with E-state index in [-0.39, 0.29) is 34.6 Å². The number of hydrogen-bond donors (Lipinski definition) is 0. The Kier molecular flexibility index (Phi) is 4.30. The topological polar surface area (TPSA) is 34.0 Å². The molecule has 0 atom stereocenters. The minimum atomic E-state index is -0.511. The molecular weight excluding hydrogens is 547 g/mol. The van der Waals surface area contributed by atoms with Crippen molar-refractivity contribution in [3.63, 3.8) is 0 Å². The van der Waals surface area contributed by atoms with Gasteiger partial charge in [0, 0.05) is 33.7 Å². The molecule has 0 N–H and O–H groups in total. The summed E-state index contributed by atoms with van der Waals surface area (Å²) in [6, 6.07) is 34.1. The number of anilines is 2. The first-order valence-electron chi connectivity index (χ1n) is 18.7. The molecule has 0 radical (unpaired) electrons. The van der Waals surface area contributed by atoms with E-state index in [1.54, 1.807) is 0 Å². The van der Waals surface area contributed by atoms with Crippen molar-refractivity contribution in [3.8, 4) is 28.3 Å². The molecule has 210 valence electrons. The third-order valence-electron chi connectivity index (χ3n) is 8.33. The monoisotopic (exact) mass is 582 g/mol. The molecule has 45 heavy (non-hydrogen) atoms. The van der Waals surface area contributed by atoms with Crippen molar-refractivity contribution in [1.29, 1.82) is 0 Å². The Morgan fingerprint density at radius 3 is 1.91 bits per heavy atom. The number of fused-ring (bicyclic) bond motifs is 6. The highest BCUT2D eigenvalue weighted by molar-refractivity contribution is 6.90. The van der Waals surface area contributed by atoms with Crippen LogP contribution >= 0.6 is 0 Å². The lowest BCUT2D eigenvalue weighted by molar-refractivity contribution is 0.987. The first-order valence-corrected chi connectivity index (χ1v) is 14.7. The second kappa shape index (κ2) is 10.4. The van der Waals surface area contributed by atoms with Crippen LogP contribution in [0.2, 0.25) is 0 Å². The lowest BCUT2D eigenvalue weighted by Crippen LogP contribution is -2.57. The van der Waals surface area contributed by atoms with E-state index >= 15 is 0 Å². The molecule has 5 heteroatoms. The molecule has 0 fully saturated rings. The minimum absolute atomic E-state index is 0.0143. The summed E-state index contributed by atoms with van der Waals surface area (Å²) in [6.45, 7) is -0.346. The molecule has 0 unspecified atom stereocenters. The highest BCUT2D eigenvalue weighted by Crippen LogP contribution is 2.40. The number of nitrogens with zero attached hydrogens (tertiary/aromatic N) is 4. The van der Waals surface area contributed by atoms with Crippen LogP contribution in [0.4, 0.5) is 11.5 Å². The molecule has 0 saturated heterocycles. The van der Waals surface area contributed by atoms with Gasteiger partial charge in [0.1, 0.15) is 5.82 Å². The first-order chi connectivity index (χ1) is 25.7. The van der Waals surface area contributed by atoms with Crippen molar-refractivity contribution in [1.82, 2.24) is 14.5 Å². The van der Waals surface area contributed by atoms with Crippen molar-refractivity contribution >= 4 is 51.1 Å². The van der Waals surface area contributed by atoms with Crippen LogP contribution in [0, 0.1) is 0 Å². The lowest BCUT2D eigenvalue weighted by Gasteiger charge is -2.38. The van der Waals surface area contributed by atoms with E-state index in [0.717, 1.165) is 33.3 Å². The fourth-order valence-corrected chi connectivity index (χ4v) is 6.41. The fourth-order valence-electron chi connectivity index (χ4n) is 6.41. The third kappa shape index (κ3) is 4.09. The molecular formula is C40H27BN4. The maximum atomic E-state index is 9.09. The number of para-hydroxylation sites is 3. The second-order valence-corrected chi connectivity index (χ2v) is 10.8. The van der Waals surface area contributed by atoms with Crippen LogP contribution in [0.25, 0.3) is 50.1 Å². The molecule has 3 heterocycles. The summed E-state index contributed by atoms with van der Waals surface area (Å²) in [4.78, 5) is 12.3. The van der Waals surface area contributed by atoms with Crippen LogP contribution in [-0.4, -0.2) is 21.4 Å². The van der Waals surface area contributed by atoms with E-state index in [2.05, 4.69) is 35.1 Å². The largest absolute Gasteiger partial charge is 0.361 e. The van der Waals surface area contributed by atoms with Gasteiger partial charge in [-0.1, -0.05) is 145 Å². The van der Waals surface area contributed by atoms with Gasteiger partial charge in [0.15, 0.2) is 0 Å². The molecule has 8 aromatic rings. The van der Waals surface area contributed by atoms with Gasteiger partial charge in [-0.05, 0) is 29.2 Å². The number of benzene rings is 6. The van der Waals surface area contributed by atoms with Gasteiger partial charge in [0.2, 0.25) is 5.95 Å². The smallest absolute Gasteiger partial charge is 0.330 e. The molecule has 0 bridgehead atoms. The summed E-state index contributed by atoms with van der Waals surface area (Å²) in [6.07, 6.45) is 0. The van der Waals surface area contributed by atoms with Gasteiger partial charge >= 0.3 is 6.85 Å². The number of aromatic nitrogens is 3. The molecule has 0 spiro atoms. The Morgan fingerprint density at radius 1 is 0.578 bits per heavy atom. The quantitative estimate of drug-likeness (QED) is 0.196. The Bertz CT molecular complexity index is 2720. The minimum Gasteiger partial charge on any atom is -0.361 e. The first kappa shape index (κ1) is 18.7. The van der Waals surface area contributed by atoms with Crippen molar-refractivity contribution in [2.24, 2.45) is 0 Å². The van der Waals surface area contributed by atoms with Crippen molar-refractivity contribution in [3.05, 3.63) is 164 Å². The standard InChI is InChI=1S/C40H27BN4/c1-3-15-28(16-4-1)35-27-39(43-40(42-35)44-36-24-12-8-21-32(36)33-22-9-13-25-37(33)44)45-38-26-14-10-20-31(38)30-19-7-11-23-34(30)41(45)29-17-5-2-6-18-29/h1-27H/i8D,9D,12D,13D,21D,22D,24D,25D. The van der Waals surface area contributed by atoms with Crippen molar-refractivity contribution < 1.29 is 11.0 Å². The second-order valence-electron chi connectivity index (χ2n) is 10.8. The summed E-state index contributed by atoms with van der Waals surface area (Å²) in [5, 5.41) is -0.0691. The van der Waals surface area contributed by atoms with Crippen molar-refractivity contribution in [2.45, 2.75) is 0 Å². The zero-order chi connectivity index (χ0) is 36.7. The predicted molar refractivity (Wildman–Crippen MR) is 187 cm³/mol. The number of rotatable bonds is 4. The molecule has 0 aliphatic carbocycles. The molecule has 1 aliphatic rings. The van der Waals surface area contributed by atoms with E-state index in [4.69, 9.17) is 20.9 Å². The van der Waals surface area contributed by atoms with Crippen LogP contribution in [0.3, 0.4) is 0 Å². The molecule has 1 aliphatic heterocycles. The van der Waals surface area contributed by atoms with Gasteiger partial charge in [0.05, 0.1) is 27.7 Å². The molecule has 6 aromatic carbocycles. The average Bonchev–Trinajstić information content (AvgIpc) is 3.57. The average molecular weight is 583 g/mol. The SMILES string of the molecule is [2H]c1c([2H])c([2H])c2c(c1[2H])c1c([2H])c([2H])c([2H])c([2H])c1n2-c1nc(-c2ccccc2)cc(N2B(c3ccccc3)c3ccccc3-c3ccccc32)n1. The summed E-state index contributed by atoms with van der Waals surface area (Å²) >= 11 is 0. The van der Waals surface area contributed by atoms with E-state index < -0.39 is 48.3 Å². The van der Waals surface area contributed by atoms with Crippen LogP contribution in [0.5, 0.6) is 0 Å². The number of hydrogen-bond acceptors (Lipinski definition) is 3. The summed E-state index contributed by atoms with van der Waals surface area (Å²) in [5.41, 5.74) is 6.20. The Labute approximate surface area is 273 Å². The lowest BCUT2D eigenvalue weighted by atomic mass is 9.46. The summed E-state index contributed by atoms with van der Waals surface area (Å²) in [5.74, 6) is 0.459. The molecule has 2 aromatic heterocycles. The molecule has 9 rings (SSSR count). The Balaban J connectivity index is 1.44. The van der Waals surface area contributed by atoms with Gasteiger partial charge in [0.25, 0.3) is 0 Å². The Hall–Kier alpha value is -5.94. The van der Waals surface area contributed by atoms with Crippen molar-refractivity contribution in [2.75, 3.05) is 4.81 Å². The normalized spacial score (nSPS) is 14.8.